The van der Waals surface area contributed by atoms with E-state index in [9.17, 15) is 39.6 Å². The summed E-state index contributed by atoms with van der Waals surface area (Å²) < 4.78 is 0. The van der Waals surface area contributed by atoms with E-state index in [0.717, 1.165) is 106 Å². The predicted octanol–water partition coefficient (Wildman–Crippen LogP) is 16.8. The molecule has 97 heavy (non-hydrogen) atoms. The van der Waals surface area contributed by atoms with Crippen LogP contribution in [0.5, 0.6) is 23.0 Å². The van der Waals surface area contributed by atoms with Crippen LogP contribution >= 0.6 is 22.7 Å². The van der Waals surface area contributed by atoms with Crippen LogP contribution in [0.25, 0.3) is 82.8 Å². The first kappa shape index (κ1) is 70.2. The van der Waals surface area contributed by atoms with Crippen LogP contribution in [0.2, 0.25) is 0 Å². The number of aromatic hydroxyl groups is 4. The van der Waals surface area contributed by atoms with Gasteiger partial charge in [0.05, 0.1) is 6.54 Å². The van der Waals surface area contributed by atoms with Gasteiger partial charge in [-0.1, -0.05) is 151 Å². The number of nitrogens with two attached hydrogens (primary N) is 4. The minimum atomic E-state index is -0.319. The van der Waals surface area contributed by atoms with Gasteiger partial charge in [0.15, 0.2) is 0 Å². The van der Waals surface area contributed by atoms with Crippen LogP contribution in [0, 0.1) is 20.8 Å². The van der Waals surface area contributed by atoms with Gasteiger partial charge in [-0.25, -0.2) is 0 Å². The van der Waals surface area contributed by atoms with Crippen LogP contribution in [-0.4, -0.2) is 56.3 Å². The van der Waals surface area contributed by atoms with Crippen molar-refractivity contribution in [1.29, 1.82) is 0 Å². The van der Waals surface area contributed by atoms with Crippen molar-refractivity contribution in [2.24, 2.45) is 27.9 Å². The molecule has 0 fully saturated rings. The zero-order valence-electron chi connectivity index (χ0n) is 54.7. The van der Waals surface area contributed by atoms with Crippen molar-refractivity contribution >= 4 is 57.6 Å². The number of amides is 4. The van der Waals surface area contributed by atoms with Gasteiger partial charge in [0.2, 0.25) is 23.6 Å². The molecule has 0 aliphatic carbocycles. The van der Waals surface area contributed by atoms with E-state index in [1.807, 2.05) is 73.7 Å². The fourth-order valence-electron chi connectivity index (χ4n) is 11.7. The van der Waals surface area contributed by atoms with E-state index in [1.54, 1.807) is 71.2 Å². The monoisotopic (exact) mass is 1330 g/mol. The normalized spacial score (nSPS) is 11.4. The highest BCUT2D eigenvalue weighted by Crippen LogP contribution is 2.38. The molecule has 12 N–H and O–H groups in total. The minimum absolute atomic E-state index is 0.221. The molecular formula is C82H79N5O8S2. The number of carbonyl (C=O) groups excluding carboxylic acids is 4. The smallest absolute Gasteiger partial charge is 0.217 e. The number of phenolic OH excluding ortho intramolecular Hbond substituents is 4. The van der Waals surface area contributed by atoms with E-state index in [0.29, 0.717) is 57.9 Å². The standard InChI is InChI=1S/C22H21NO2.C20H20N2O2.2C20H19NO2S/c1-15-4-2-5-16(12-15)17-8-10-21(18-6-3-7-20(24)14-18)19(13-17)9-11-22(23)25;1-13-18(9-10-22-13)15-5-7-19(14-3-2-4-17(23)12-14)16(11-15)6-8-20(21)24;1-13-11-24-12-19(13)16-5-7-18(14-3-2-4-17(22)10-14)15(9-16)6-8-20(21)23;1-13-9-10-24-20(13)16-5-7-18(14-3-2-4-17(22)12-14)15(11-16)6-8-19(21)23/h2-8,10,12-14,24H,9,11H2,1H3,(H2,23,25);2-5,7,9,11-12,23H,6,8,10H2,1H3,(H2,21,24);2*2-5,7,9-12,22H,6,8H2,1H3,(H2,21,23). The molecule has 2 aromatic heterocycles. The van der Waals surface area contributed by atoms with E-state index in [1.165, 1.54) is 27.1 Å². The summed E-state index contributed by atoms with van der Waals surface area (Å²) in [4.78, 5) is 50.6. The van der Waals surface area contributed by atoms with Crippen molar-refractivity contribution in [3.05, 3.63) is 267 Å². The van der Waals surface area contributed by atoms with E-state index in [4.69, 9.17) is 22.9 Å². The second-order valence-corrected chi connectivity index (χ2v) is 25.5. The van der Waals surface area contributed by atoms with Crippen LogP contribution < -0.4 is 22.9 Å². The maximum absolute atomic E-state index is 11.3. The van der Waals surface area contributed by atoms with Gasteiger partial charge in [-0.2, -0.15) is 11.3 Å². The lowest BCUT2D eigenvalue weighted by molar-refractivity contribution is -0.118. The molecule has 12 rings (SSSR count). The Kier molecular flexibility index (Phi) is 24.1. The second-order valence-electron chi connectivity index (χ2n) is 23.9. The fraction of sp³-hybridized carbons (Fsp3) is 0.159. The van der Waals surface area contributed by atoms with Crippen LogP contribution in [0.15, 0.2) is 227 Å². The van der Waals surface area contributed by atoms with Crippen molar-refractivity contribution in [3.63, 3.8) is 0 Å². The van der Waals surface area contributed by atoms with Gasteiger partial charge < -0.3 is 43.4 Å². The van der Waals surface area contributed by atoms with Gasteiger partial charge in [-0.05, 0) is 241 Å². The predicted molar refractivity (Wildman–Crippen MR) is 396 cm³/mol. The first-order valence-electron chi connectivity index (χ1n) is 31.9. The van der Waals surface area contributed by atoms with Gasteiger partial charge in [0, 0.05) is 41.8 Å². The summed E-state index contributed by atoms with van der Waals surface area (Å²) in [7, 11) is 0. The first-order valence-corrected chi connectivity index (χ1v) is 33.7. The van der Waals surface area contributed by atoms with Crippen LogP contribution in [-0.2, 0) is 44.9 Å². The number of thiophene rings is 2. The molecule has 15 heteroatoms. The molecule has 9 aromatic carbocycles. The first-order chi connectivity index (χ1) is 46.7. The molecule has 0 unspecified atom stereocenters. The molecule has 0 saturated carbocycles. The average Bonchev–Trinajstić information content (AvgIpc) is 1.77. The summed E-state index contributed by atoms with van der Waals surface area (Å²) in [5.74, 6) is -0.357. The third kappa shape index (κ3) is 19.5. The molecular weight excluding hydrogens is 1250 g/mol. The molecule has 492 valence electrons. The highest BCUT2D eigenvalue weighted by atomic mass is 32.1. The molecule has 1 aliphatic heterocycles. The maximum atomic E-state index is 11.3. The van der Waals surface area contributed by atoms with Crippen molar-refractivity contribution in [3.8, 4) is 100 Å². The number of carbonyl (C=O) groups is 4. The highest BCUT2D eigenvalue weighted by Gasteiger charge is 2.17. The summed E-state index contributed by atoms with van der Waals surface area (Å²) in [5.41, 5.74) is 46.0. The number of primary amides is 4. The molecule has 11 aromatic rings. The molecule has 1 aliphatic rings. The third-order valence-electron chi connectivity index (χ3n) is 16.6. The number of aliphatic imine (C=N–C) groups is 1. The minimum Gasteiger partial charge on any atom is -0.508 e. The topological polar surface area (TPSA) is 266 Å². The van der Waals surface area contributed by atoms with E-state index < -0.39 is 0 Å². The Bertz CT molecular complexity index is 4570. The summed E-state index contributed by atoms with van der Waals surface area (Å²) in [6.07, 6.45) is 5.60. The Balaban J connectivity index is 0.000000152. The average molecular weight is 1330 g/mol. The Morgan fingerprint density at radius 2 is 0.742 bits per heavy atom. The molecule has 3 heterocycles. The Hall–Kier alpha value is -11.1. The number of hydrogen-bond donors (Lipinski definition) is 8. The number of hydrogen-bond acceptors (Lipinski definition) is 11. The Labute approximate surface area is 574 Å². The molecule has 4 amide bonds. The number of allylic oxidation sites excluding steroid dienone is 1. The maximum Gasteiger partial charge on any atom is 0.217 e. The number of benzene rings is 9. The molecule has 0 saturated heterocycles. The van der Waals surface area contributed by atoms with Gasteiger partial charge in [0.25, 0.3) is 0 Å². The van der Waals surface area contributed by atoms with Crippen molar-refractivity contribution in [2.75, 3.05) is 6.54 Å². The lowest BCUT2D eigenvalue weighted by Crippen LogP contribution is -2.11. The van der Waals surface area contributed by atoms with Crippen LogP contribution in [0.1, 0.15) is 77.1 Å². The number of rotatable bonds is 20. The highest BCUT2D eigenvalue weighted by molar-refractivity contribution is 7.13. The zero-order valence-corrected chi connectivity index (χ0v) is 56.4. The van der Waals surface area contributed by atoms with Gasteiger partial charge in [-0.3, -0.25) is 24.2 Å². The number of aryl methyl sites for hydroxylation is 7. The van der Waals surface area contributed by atoms with Crippen molar-refractivity contribution < 1.29 is 39.6 Å². The number of nitrogens with zero attached hydrogens (tertiary/aromatic N) is 1. The third-order valence-corrected chi connectivity index (χ3v) is 18.5. The van der Waals surface area contributed by atoms with Gasteiger partial charge >= 0.3 is 0 Å². The zero-order chi connectivity index (χ0) is 69.1. The summed E-state index contributed by atoms with van der Waals surface area (Å²) in [5, 5.41) is 45.4. The summed E-state index contributed by atoms with van der Waals surface area (Å²) >= 11 is 3.39. The number of phenols is 4. The van der Waals surface area contributed by atoms with Crippen molar-refractivity contribution in [2.45, 2.75) is 79.1 Å². The lowest BCUT2D eigenvalue weighted by Gasteiger charge is -2.13. The Morgan fingerprint density at radius 1 is 0.381 bits per heavy atom. The molecule has 0 atom stereocenters. The van der Waals surface area contributed by atoms with Crippen molar-refractivity contribution in [1.82, 2.24) is 0 Å². The fourth-order valence-corrected chi connectivity index (χ4v) is 13.5. The largest absolute Gasteiger partial charge is 0.508 e. The summed E-state index contributed by atoms with van der Waals surface area (Å²) in [6.45, 7) is 8.98. The van der Waals surface area contributed by atoms with Crippen LogP contribution in [0.3, 0.4) is 0 Å². The molecule has 0 bridgehead atoms. The van der Waals surface area contributed by atoms with Crippen LogP contribution in [0.4, 0.5) is 0 Å². The second kappa shape index (κ2) is 33.3. The molecule has 13 nitrogen and oxygen atoms in total. The molecule has 0 spiro atoms. The summed E-state index contributed by atoms with van der Waals surface area (Å²) in [6, 6.07) is 64.0. The lowest BCUT2D eigenvalue weighted by atomic mass is 9.91. The van der Waals surface area contributed by atoms with Gasteiger partial charge in [0.1, 0.15) is 23.0 Å². The van der Waals surface area contributed by atoms with E-state index in [-0.39, 0.29) is 46.6 Å². The van der Waals surface area contributed by atoms with Gasteiger partial charge in [-0.15, -0.1) is 11.3 Å². The van der Waals surface area contributed by atoms with E-state index >= 15 is 0 Å². The quantitative estimate of drug-likeness (QED) is 0.0363. The SMILES string of the molecule is CC1=NCC=C1c1ccc(-c2cccc(O)c2)c(CCC(N)=O)c1.Cc1cccc(-c2ccc(-c3cccc(O)c3)c(CCC(N)=O)c2)c1.Cc1ccsc1-c1ccc(-c2cccc(O)c2)c(CCC(N)=O)c1.Cc1cscc1-c1ccc(-c2cccc(O)c2)c(CCC(N)=O)c1. The molecule has 0 radical (unpaired) electrons. The van der Waals surface area contributed by atoms with E-state index in [2.05, 4.69) is 133 Å². The Morgan fingerprint density at radius 3 is 1.11 bits per heavy atom.